The third-order valence-electron chi connectivity index (χ3n) is 4.16. The van der Waals surface area contributed by atoms with Crippen LogP contribution in [0.4, 0.5) is 0 Å². The van der Waals surface area contributed by atoms with Crippen molar-refractivity contribution in [1.29, 1.82) is 0 Å². The Hall–Kier alpha value is -0.120. The molecule has 3 atom stereocenters. The minimum absolute atomic E-state index is 0.452. The molecule has 3 heteroatoms. The van der Waals surface area contributed by atoms with Crippen LogP contribution in [-0.2, 0) is 4.74 Å². The summed E-state index contributed by atoms with van der Waals surface area (Å²) in [5.41, 5.74) is 0. The van der Waals surface area contributed by atoms with Gasteiger partial charge in [-0.2, -0.15) is 0 Å². The summed E-state index contributed by atoms with van der Waals surface area (Å²) >= 11 is 0. The van der Waals surface area contributed by atoms with Gasteiger partial charge in [0.15, 0.2) is 0 Å². The molecule has 1 heterocycles. The molecule has 3 unspecified atom stereocenters. The van der Waals surface area contributed by atoms with Gasteiger partial charge in [0, 0.05) is 19.7 Å². The van der Waals surface area contributed by atoms with E-state index in [2.05, 4.69) is 17.3 Å². The maximum atomic E-state index is 5.57. The average Bonchev–Trinajstić information content (AvgIpc) is 2.73. The van der Waals surface area contributed by atoms with Gasteiger partial charge in [0.05, 0.1) is 6.10 Å². The number of likely N-dealkylation sites (tertiary alicyclic amines) is 1. The summed E-state index contributed by atoms with van der Waals surface area (Å²) in [4.78, 5) is 2.43. The minimum Gasteiger partial charge on any atom is -0.380 e. The summed E-state index contributed by atoms with van der Waals surface area (Å²) in [6.07, 6.45) is 7.03. The third-order valence-corrected chi connectivity index (χ3v) is 4.16. The molecule has 1 N–H and O–H groups in total. The van der Waals surface area contributed by atoms with E-state index in [-0.39, 0.29) is 0 Å². The number of ether oxygens (including phenoxy) is 1. The molecule has 1 aliphatic heterocycles. The van der Waals surface area contributed by atoms with Crippen molar-refractivity contribution >= 4 is 0 Å². The van der Waals surface area contributed by atoms with Gasteiger partial charge in [-0.15, -0.1) is 0 Å². The van der Waals surface area contributed by atoms with Gasteiger partial charge in [-0.25, -0.2) is 0 Å². The highest BCUT2D eigenvalue weighted by Crippen LogP contribution is 2.21. The minimum atomic E-state index is 0.452. The maximum Gasteiger partial charge on any atom is 0.0724 e. The van der Waals surface area contributed by atoms with Crippen LogP contribution >= 0.6 is 0 Å². The second-order valence-corrected chi connectivity index (χ2v) is 5.49. The van der Waals surface area contributed by atoms with E-state index in [0.29, 0.717) is 12.1 Å². The molecule has 3 nitrogen and oxygen atoms in total. The standard InChI is InChI=1S/C13H26N2O/c1-15-8-7-11(10-15)9-14-12-5-3-4-6-13(12)16-2/h11-14H,3-10H2,1-2H3. The van der Waals surface area contributed by atoms with Crippen molar-refractivity contribution in [3.05, 3.63) is 0 Å². The summed E-state index contributed by atoms with van der Waals surface area (Å²) < 4.78 is 5.57. The number of nitrogens with zero attached hydrogens (tertiary/aromatic N) is 1. The largest absolute Gasteiger partial charge is 0.380 e. The number of nitrogens with one attached hydrogen (secondary N) is 1. The zero-order chi connectivity index (χ0) is 11.4. The predicted octanol–water partition coefficient (Wildman–Crippen LogP) is 1.49. The Morgan fingerprint density at radius 3 is 2.75 bits per heavy atom. The van der Waals surface area contributed by atoms with E-state index in [1.807, 2.05) is 7.11 Å². The van der Waals surface area contributed by atoms with Crippen molar-refractivity contribution in [1.82, 2.24) is 10.2 Å². The lowest BCUT2D eigenvalue weighted by Gasteiger charge is -2.32. The van der Waals surface area contributed by atoms with Crippen LogP contribution in [0.1, 0.15) is 32.1 Å². The smallest absolute Gasteiger partial charge is 0.0724 e. The zero-order valence-electron chi connectivity index (χ0n) is 10.7. The molecule has 1 saturated heterocycles. The zero-order valence-corrected chi connectivity index (χ0v) is 10.7. The number of rotatable bonds is 4. The van der Waals surface area contributed by atoms with E-state index in [1.54, 1.807) is 0 Å². The molecule has 16 heavy (non-hydrogen) atoms. The summed E-state index contributed by atoms with van der Waals surface area (Å²) in [7, 11) is 4.08. The first-order valence-corrected chi connectivity index (χ1v) is 6.74. The van der Waals surface area contributed by atoms with Crippen LogP contribution < -0.4 is 5.32 Å². The fourth-order valence-electron chi connectivity index (χ4n) is 3.12. The van der Waals surface area contributed by atoms with Gasteiger partial charge in [-0.1, -0.05) is 12.8 Å². The quantitative estimate of drug-likeness (QED) is 0.786. The van der Waals surface area contributed by atoms with Gasteiger partial charge < -0.3 is 15.0 Å². The molecule has 2 rings (SSSR count). The molecule has 1 saturated carbocycles. The lowest BCUT2D eigenvalue weighted by Crippen LogP contribution is -2.45. The van der Waals surface area contributed by atoms with Crippen LogP contribution in [0, 0.1) is 5.92 Å². The van der Waals surface area contributed by atoms with Crippen molar-refractivity contribution in [2.45, 2.75) is 44.2 Å². The Morgan fingerprint density at radius 2 is 2.06 bits per heavy atom. The maximum absolute atomic E-state index is 5.57. The van der Waals surface area contributed by atoms with Crippen molar-refractivity contribution in [3.63, 3.8) is 0 Å². The highest BCUT2D eigenvalue weighted by molar-refractivity contribution is 4.84. The van der Waals surface area contributed by atoms with E-state index in [1.165, 1.54) is 51.7 Å². The second kappa shape index (κ2) is 5.99. The topological polar surface area (TPSA) is 24.5 Å². The molecule has 1 aliphatic carbocycles. The van der Waals surface area contributed by atoms with Gasteiger partial charge in [-0.05, 0) is 45.3 Å². The summed E-state index contributed by atoms with van der Waals surface area (Å²) in [5, 5.41) is 3.73. The molecule has 0 aromatic heterocycles. The molecule has 2 aliphatic rings. The molecule has 94 valence electrons. The molecular weight excluding hydrogens is 200 g/mol. The molecule has 0 spiro atoms. The Morgan fingerprint density at radius 1 is 1.25 bits per heavy atom. The molecule has 0 radical (unpaired) electrons. The predicted molar refractivity (Wildman–Crippen MR) is 66.7 cm³/mol. The Bertz CT molecular complexity index is 210. The highest BCUT2D eigenvalue weighted by atomic mass is 16.5. The first kappa shape index (κ1) is 12.3. The highest BCUT2D eigenvalue weighted by Gasteiger charge is 2.26. The number of methoxy groups -OCH3 is 1. The fraction of sp³-hybridized carbons (Fsp3) is 1.00. The summed E-state index contributed by atoms with van der Waals surface area (Å²) in [6, 6.07) is 0.602. The van der Waals surface area contributed by atoms with Crippen LogP contribution in [0.2, 0.25) is 0 Å². The number of hydrogen-bond acceptors (Lipinski definition) is 3. The van der Waals surface area contributed by atoms with Gasteiger partial charge in [-0.3, -0.25) is 0 Å². The lowest BCUT2D eigenvalue weighted by molar-refractivity contribution is 0.0407. The summed E-state index contributed by atoms with van der Waals surface area (Å²) in [6.45, 7) is 3.71. The molecule has 0 bridgehead atoms. The van der Waals surface area contributed by atoms with Crippen LogP contribution in [0.15, 0.2) is 0 Å². The Balaban J connectivity index is 1.71. The second-order valence-electron chi connectivity index (χ2n) is 5.49. The van der Waals surface area contributed by atoms with Gasteiger partial charge in [0.1, 0.15) is 0 Å². The molecule has 0 aromatic rings. The van der Waals surface area contributed by atoms with E-state index >= 15 is 0 Å². The van der Waals surface area contributed by atoms with Crippen molar-refractivity contribution in [2.75, 3.05) is 33.8 Å². The van der Waals surface area contributed by atoms with Gasteiger partial charge in [0.2, 0.25) is 0 Å². The van der Waals surface area contributed by atoms with Crippen molar-refractivity contribution < 1.29 is 4.74 Å². The Labute approximate surface area is 99.5 Å². The van der Waals surface area contributed by atoms with E-state index in [4.69, 9.17) is 4.74 Å². The van der Waals surface area contributed by atoms with Gasteiger partial charge >= 0.3 is 0 Å². The normalized spacial score (nSPS) is 36.8. The van der Waals surface area contributed by atoms with Crippen LogP contribution in [0.3, 0.4) is 0 Å². The first-order valence-electron chi connectivity index (χ1n) is 6.74. The molecule has 0 aromatic carbocycles. The number of hydrogen-bond donors (Lipinski definition) is 1. The average molecular weight is 226 g/mol. The third kappa shape index (κ3) is 3.19. The lowest BCUT2D eigenvalue weighted by atomic mass is 9.92. The Kier molecular flexibility index (Phi) is 4.62. The first-order chi connectivity index (χ1) is 7.79. The van der Waals surface area contributed by atoms with E-state index in [9.17, 15) is 0 Å². The SMILES string of the molecule is COC1CCCCC1NCC1CCN(C)C1. The molecule has 0 amide bonds. The molecular formula is C13H26N2O. The van der Waals surface area contributed by atoms with Crippen LogP contribution in [-0.4, -0.2) is 50.8 Å². The van der Waals surface area contributed by atoms with E-state index < -0.39 is 0 Å². The van der Waals surface area contributed by atoms with Crippen molar-refractivity contribution in [3.8, 4) is 0 Å². The van der Waals surface area contributed by atoms with Gasteiger partial charge in [0.25, 0.3) is 0 Å². The fourth-order valence-corrected chi connectivity index (χ4v) is 3.12. The van der Waals surface area contributed by atoms with Crippen LogP contribution in [0.25, 0.3) is 0 Å². The van der Waals surface area contributed by atoms with Crippen molar-refractivity contribution in [2.24, 2.45) is 5.92 Å². The van der Waals surface area contributed by atoms with Crippen LogP contribution in [0.5, 0.6) is 0 Å². The summed E-state index contributed by atoms with van der Waals surface area (Å²) in [5.74, 6) is 0.851. The molecule has 2 fully saturated rings. The van der Waals surface area contributed by atoms with E-state index in [0.717, 1.165) is 5.92 Å². The monoisotopic (exact) mass is 226 g/mol.